The van der Waals surface area contributed by atoms with Crippen molar-refractivity contribution in [3.63, 3.8) is 0 Å². The van der Waals surface area contributed by atoms with E-state index in [4.69, 9.17) is 8.83 Å². The van der Waals surface area contributed by atoms with E-state index < -0.39 is 17.5 Å². The summed E-state index contributed by atoms with van der Waals surface area (Å²) in [6.45, 7) is 1.49. The second-order valence-electron chi connectivity index (χ2n) is 8.60. The molecule has 4 amide bonds. The maximum absolute atomic E-state index is 13.4. The SMILES string of the molecule is C[C@@]1(c2cc3ccccc3o2)NC(=O)N(CC(=O)N(Cc2ccco2)C2=CCCCC2)C1=O. The van der Waals surface area contributed by atoms with Crippen molar-refractivity contribution in [2.24, 2.45) is 0 Å². The van der Waals surface area contributed by atoms with Gasteiger partial charge in [-0.2, -0.15) is 0 Å². The van der Waals surface area contributed by atoms with E-state index in [1.807, 2.05) is 18.2 Å². The molecule has 33 heavy (non-hydrogen) atoms. The van der Waals surface area contributed by atoms with E-state index in [0.717, 1.165) is 41.7 Å². The first-order chi connectivity index (χ1) is 16.0. The highest BCUT2D eigenvalue weighted by atomic mass is 16.3. The van der Waals surface area contributed by atoms with E-state index >= 15 is 0 Å². The molecule has 3 aromatic rings. The van der Waals surface area contributed by atoms with Crippen molar-refractivity contribution in [1.82, 2.24) is 15.1 Å². The van der Waals surface area contributed by atoms with Gasteiger partial charge in [-0.05, 0) is 56.9 Å². The van der Waals surface area contributed by atoms with Crippen molar-refractivity contribution in [2.45, 2.75) is 44.7 Å². The number of fused-ring (bicyclic) bond motifs is 1. The third-order valence-electron chi connectivity index (χ3n) is 6.30. The topological polar surface area (TPSA) is 96.0 Å². The lowest BCUT2D eigenvalue weighted by molar-refractivity contribution is -0.138. The molecule has 3 heterocycles. The summed E-state index contributed by atoms with van der Waals surface area (Å²) in [5, 5.41) is 3.55. The fourth-order valence-electron chi connectivity index (χ4n) is 4.43. The predicted octanol–water partition coefficient (Wildman–Crippen LogP) is 4.28. The van der Waals surface area contributed by atoms with Crippen molar-refractivity contribution in [3.8, 4) is 0 Å². The van der Waals surface area contributed by atoms with Crippen molar-refractivity contribution in [1.29, 1.82) is 0 Å². The van der Waals surface area contributed by atoms with Crippen molar-refractivity contribution < 1.29 is 23.2 Å². The van der Waals surface area contributed by atoms with Gasteiger partial charge in [0.25, 0.3) is 5.91 Å². The van der Waals surface area contributed by atoms with Gasteiger partial charge in [0.1, 0.15) is 23.6 Å². The van der Waals surface area contributed by atoms with E-state index in [-0.39, 0.29) is 19.0 Å². The van der Waals surface area contributed by atoms with Gasteiger partial charge >= 0.3 is 6.03 Å². The lowest BCUT2D eigenvalue weighted by atomic mass is 9.99. The highest BCUT2D eigenvalue weighted by molar-refractivity contribution is 6.09. The van der Waals surface area contributed by atoms with Crippen LogP contribution in [0.2, 0.25) is 0 Å². The molecule has 1 saturated heterocycles. The van der Waals surface area contributed by atoms with Gasteiger partial charge in [0.15, 0.2) is 5.54 Å². The number of carbonyl (C=O) groups is 3. The molecule has 0 unspecified atom stereocenters. The Labute approximate surface area is 190 Å². The summed E-state index contributed by atoms with van der Waals surface area (Å²) < 4.78 is 11.3. The fourth-order valence-corrected chi connectivity index (χ4v) is 4.43. The van der Waals surface area contributed by atoms with Crippen LogP contribution in [0.3, 0.4) is 0 Å². The molecule has 2 aliphatic rings. The van der Waals surface area contributed by atoms with Crippen LogP contribution in [0, 0.1) is 0 Å². The molecule has 8 heteroatoms. The normalized spacial score (nSPS) is 20.8. The summed E-state index contributed by atoms with van der Waals surface area (Å²) in [7, 11) is 0. The molecule has 0 spiro atoms. The van der Waals surface area contributed by atoms with Gasteiger partial charge in [-0.25, -0.2) is 4.79 Å². The van der Waals surface area contributed by atoms with E-state index in [1.54, 1.807) is 42.4 Å². The van der Waals surface area contributed by atoms with Crippen LogP contribution >= 0.6 is 0 Å². The van der Waals surface area contributed by atoms with Crippen molar-refractivity contribution in [2.75, 3.05) is 6.54 Å². The van der Waals surface area contributed by atoms with Crippen LogP contribution in [0.15, 0.2) is 69.3 Å². The number of furan rings is 2. The first-order valence-electron chi connectivity index (χ1n) is 11.1. The summed E-state index contributed by atoms with van der Waals surface area (Å²) in [5.74, 6) is 0.117. The Hall–Kier alpha value is -3.81. The van der Waals surface area contributed by atoms with Gasteiger partial charge in [0.2, 0.25) is 5.91 Å². The summed E-state index contributed by atoms with van der Waals surface area (Å²) in [6.07, 6.45) is 7.34. The Balaban J connectivity index is 1.39. The number of hydrogen-bond acceptors (Lipinski definition) is 5. The van der Waals surface area contributed by atoms with Crippen molar-refractivity contribution >= 4 is 28.8 Å². The quantitative estimate of drug-likeness (QED) is 0.569. The molecule has 0 saturated carbocycles. The number of urea groups is 1. The highest BCUT2D eigenvalue weighted by Gasteiger charge is 2.52. The smallest absolute Gasteiger partial charge is 0.325 e. The summed E-state index contributed by atoms with van der Waals surface area (Å²) in [4.78, 5) is 42.1. The minimum atomic E-state index is -1.38. The molecule has 1 fully saturated rings. The zero-order valence-corrected chi connectivity index (χ0v) is 18.4. The number of carbonyl (C=O) groups excluding carboxylic acids is 3. The molecule has 1 atom stereocenters. The van der Waals surface area contributed by atoms with Crippen LogP contribution in [0.1, 0.15) is 44.1 Å². The average molecular weight is 447 g/mol. The van der Waals surface area contributed by atoms with Gasteiger partial charge in [-0.15, -0.1) is 0 Å². The number of amides is 4. The van der Waals surface area contributed by atoms with Gasteiger partial charge < -0.3 is 19.1 Å². The average Bonchev–Trinajstić information content (AvgIpc) is 3.54. The third-order valence-corrected chi connectivity index (χ3v) is 6.30. The molecule has 0 radical (unpaired) electrons. The first kappa shape index (κ1) is 21.1. The summed E-state index contributed by atoms with van der Waals surface area (Å²) >= 11 is 0. The third kappa shape index (κ3) is 3.82. The Morgan fingerprint density at radius 3 is 2.76 bits per heavy atom. The van der Waals surface area contributed by atoms with Gasteiger partial charge in [-0.3, -0.25) is 14.5 Å². The standard InChI is InChI=1S/C25H25N3O5/c1-25(21-14-17-8-5-6-12-20(17)33-21)23(30)28(24(31)26-25)16-22(29)27(15-19-11-7-13-32-19)18-9-3-2-4-10-18/h5-9,11-14H,2-4,10,15-16H2,1H3,(H,26,31)/t25-/m0/s1. The number of rotatable bonds is 6. The highest BCUT2D eigenvalue weighted by Crippen LogP contribution is 2.33. The first-order valence-corrected chi connectivity index (χ1v) is 11.1. The lowest BCUT2D eigenvalue weighted by Gasteiger charge is -2.28. The monoisotopic (exact) mass is 447 g/mol. The largest absolute Gasteiger partial charge is 0.467 e. The molecular formula is C25H25N3O5. The van der Waals surface area contributed by atoms with Crippen LogP contribution in [0.25, 0.3) is 11.0 Å². The molecule has 0 bridgehead atoms. The Kier molecular flexibility index (Phi) is 5.28. The number of allylic oxidation sites excluding steroid dienone is 2. The molecule has 170 valence electrons. The maximum atomic E-state index is 13.4. The van der Waals surface area contributed by atoms with Crippen LogP contribution in [-0.2, 0) is 21.7 Å². The predicted molar refractivity (Wildman–Crippen MR) is 120 cm³/mol. The Morgan fingerprint density at radius 2 is 2.03 bits per heavy atom. The minimum absolute atomic E-state index is 0.252. The molecule has 1 aliphatic carbocycles. The van der Waals surface area contributed by atoms with Gasteiger partial charge in [0, 0.05) is 11.1 Å². The maximum Gasteiger partial charge on any atom is 0.325 e. The Bertz CT molecular complexity index is 1210. The molecule has 1 aliphatic heterocycles. The molecular weight excluding hydrogens is 422 g/mol. The van der Waals surface area contributed by atoms with Crippen LogP contribution in [-0.4, -0.2) is 34.2 Å². The van der Waals surface area contributed by atoms with Gasteiger partial charge in [-0.1, -0.05) is 24.3 Å². The van der Waals surface area contributed by atoms with E-state index in [1.165, 1.54) is 0 Å². The molecule has 8 nitrogen and oxygen atoms in total. The van der Waals surface area contributed by atoms with Crippen LogP contribution in [0.5, 0.6) is 0 Å². The van der Waals surface area contributed by atoms with E-state index in [0.29, 0.717) is 17.1 Å². The molecule has 1 N–H and O–H groups in total. The Morgan fingerprint density at radius 1 is 1.18 bits per heavy atom. The number of nitrogens with one attached hydrogen (secondary N) is 1. The molecule has 1 aromatic carbocycles. The second-order valence-corrected chi connectivity index (χ2v) is 8.60. The zero-order valence-electron chi connectivity index (χ0n) is 18.4. The number of nitrogens with zero attached hydrogens (tertiary/aromatic N) is 2. The number of benzene rings is 1. The molecule has 5 rings (SSSR count). The van der Waals surface area contributed by atoms with Crippen molar-refractivity contribution in [3.05, 3.63) is 72.0 Å². The summed E-state index contributed by atoms with van der Waals surface area (Å²) in [6, 6.07) is 12.1. The number of para-hydroxylation sites is 1. The fraction of sp³-hybridized carbons (Fsp3) is 0.320. The van der Waals surface area contributed by atoms with Crippen LogP contribution < -0.4 is 5.32 Å². The summed E-state index contributed by atoms with van der Waals surface area (Å²) in [5.41, 5.74) is 0.140. The van der Waals surface area contributed by atoms with Crippen LogP contribution in [0.4, 0.5) is 4.79 Å². The zero-order chi connectivity index (χ0) is 23.0. The number of imide groups is 1. The molecule has 2 aromatic heterocycles. The van der Waals surface area contributed by atoms with E-state index in [9.17, 15) is 14.4 Å². The second kappa shape index (κ2) is 8.27. The van der Waals surface area contributed by atoms with E-state index in [2.05, 4.69) is 11.4 Å². The number of hydrogen-bond donors (Lipinski definition) is 1. The minimum Gasteiger partial charge on any atom is -0.467 e. The van der Waals surface area contributed by atoms with Gasteiger partial charge in [0.05, 0.1) is 12.8 Å². The lowest BCUT2D eigenvalue weighted by Crippen LogP contribution is -2.44.